The molecular weight excluding hydrogens is 591 g/mol. The van der Waals surface area contributed by atoms with Crippen LogP contribution in [0.25, 0.3) is 0 Å². The van der Waals surface area contributed by atoms with Crippen LogP contribution in [0.2, 0.25) is 15.1 Å². The van der Waals surface area contributed by atoms with Crippen LogP contribution >= 0.6 is 46.6 Å². The van der Waals surface area contributed by atoms with Crippen LogP contribution in [-0.4, -0.2) is 27.3 Å². The van der Waals surface area contributed by atoms with Gasteiger partial charge in [-0.1, -0.05) is 83.0 Å². The maximum atomic E-state index is 13.2. The van der Waals surface area contributed by atoms with E-state index in [4.69, 9.17) is 54.4 Å². The van der Waals surface area contributed by atoms with Crippen molar-refractivity contribution in [2.75, 3.05) is 11.9 Å². The minimum absolute atomic E-state index is 0.247. The second-order valence-corrected chi connectivity index (χ2v) is 11.1. The number of hydrogen-bond acceptors (Lipinski definition) is 7. The molecule has 1 aliphatic heterocycles. The molecule has 0 amide bonds. The number of allylic oxidation sites excluding steroid dienone is 1. The summed E-state index contributed by atoms with van der Waals surface area (Å²) in [6, 6.07) is 19.9. The first-order chi connectivity index (χ1) is 19.3. The molecule has 0 saturated carbocycles. The van der Waals surface area contributed by atoms with Crippen LogP contribution in [0.5, 0.6) is 5.75 Å². The number of nitrogens with zero attached hydrogens (tertiary/aromatic N) is 3. The van der Waals surface area contributed by atoms with Gasteiger partial charge in [-0.25, -0.2) is 9.48 Å². The van der Waals surface area contributed by atoms with Gasteiger partial charge in [0.1, 0.15) is 18.4 Å². The van der Waals surface area contributed by atoms with E-state index in [0.29, 0.717) is 48.9 Å². The van der Waals surface area contributed by atoms with Crippen LogP contribution in [0.1, 0.15) is 36.6 Å². The van der Waals surface area contributed by atoms with E-state index in [1.165, 1.54) is 11.8 Å². The van der Waals surface area contributed by atoms with Gasteiger partial charge in [0.2, 0.25) is 11.1 Å². The molecule has 2 heterocycles. The Morgan fingerprint density at radius 2 is 1.85 bits per heavy atom. The van der Waals surface area contributed by atoms with Crippen LogP contribution in [0, 0.1) is 0 Å². The molecule has 0 aliphatic carbocycles. The Labute approximate surface area is 251 Å². The van der Waals surface area contributed by atoms with Crippen molar-refractivity contribution < 1.29 is 14.3 Å². The highest BCUT2D eigenvalue weighted by atomic mass is 35.5. The fraction of sp³-hybridized carbons (Fsp3) is 0.207. The molecule has 206 valence electrons. The number of nitrogens with one attached hydrogen (secondary N) is 1. The third-order valence-electron chi connectivity index (χ3n) is 6.23. The van der Waals surface area contributed by atoms with Gasteiger partial charge >= 0.3 is 5.97 Å². The van der Waals surface area contributed by atoms with Gasteiger partial charge in [0.05, 0.1) is 12.2 Å². The van der Waals surface area contributed by atoms with Gasteiger partial charge < -0.3 is 14.8 Å². The van der Waals surface area contributed by atoms with Gasteiger partial charge in [0.15, 0.2) is 0 Å². The standard InChI is InChI=1S/C29H25Cl3N4O3S/c1-3-38-27(37)25-17(2)33-28-34-29(40-16-20-7-4-5-10-23(20)31)35-36(28)26(25)18-8-6-9-22(13-18)39-15-19-11-12-21(30)14-24(19)32/h4-14,26H,3,15-16H2,1-2H3,(H,33,34,35). The Morgan fingerprint density at radius 3 is 2.62 bits per heavy atom. The summed E-state index contributed by atoms with van der Waals surface area (Å²) in [5, 5.41) is 10.3. The second-order valence-electron chi connectivity index (χ2n) is 8.93. The molecule has 0 fully saturated rings. The van der Waals surface area contributed by atoms with Crippen LogP contribution in [0.4, 0.5) is 5.95 Å². The normalized spacial score (nSPS) is 14.5. The number of ether oxygens (including phenoxy) is 2. The fourth-order valence-electron chi connectivity index (χ4n) is 4.31. The summed E-state index contributed by atoms with van der Waals surface area (Å²) < 4.78 is 13.2. The summed E-state index contributed by atoms with van der Waals surface area (Å²) in [5.41, 5.74) is 3.67. The maximum absolute atomic E-state index is 13.2. The quantitative estimate of drug-likeness (QED) is 0.151. The monoisotopic (exact) mass is 614 g/mol. The maximum Gasteiger partial charge on any atom is 0.338 e. The van der Waals surface area contributed by atoms with E-state index >= 15 is 0 Å². The Morgan fingerprint density at radius 1 is 1.02 bits per heavy atom. The molecule has 1 aliphatic rings. The van der Waals surface area contributed by atoms with Gasteiger partial charge in [-0.05, 0) is 55.3 Å². The molecule has 1 atom stereocenters. The van der Waals surface area contributed by atoms with Gasteiger partial charge in [-0.2, -0.15) is 4.98 Å². The van der Waals surface area contributed by atoms with Crippen LogP contribution in [0.3, 0.4) is 0 Å². The molecule has 40 heavy (non-hydrogen) atoms. The molecule has 1 unspecified atom stereocenters. The average molecular weight is 616 g/mol. The number of fused-ring (bicyclic) bond motifs is 1. The molecular formula is C29H25Cl3N4O3S. The van der Waals surface area contributed by atoms with Gasteiger partial charge in [0, 0.05) is 32.1 Å². The highest BCUT2D eigenvalue weighted by Gasteiger charge is 2.35. The SMILES string of the molecule is CCOC(=O)C1=C(C)Nc2nc(SCc3ccccc3Cl)nn2C1c1cccc(OCc2ccc(Cl)cc2Cl)c1. The first-order valence-electron chi connectivity index (χ1n) is 12.5. The van der Waals surface area contributed by atoms with E-state index in [1.54, 1.807) is 23.7 Å². The van der Waals surface area contributed by atoms with Crippen LogP contribution in [-0.2, 0) is 21.9 Å². The largest absolute Gasteiger partial charge is 0.489 e. The van der Waals surface area contributed by atoms with Crippen molar-refractivity contribution in [1.82, 2.24) is 14.8 Å². The van der Waals surface area contributed by atoms with Gasteiger partial charge in [-0.3, -0.25) is 0 Å². The highest BCUT2D eigenvalue weighted by molar-refractivity contribution is 7.98. The number of benzene rings is 3. The summed E-state index contributed by atoms with van der Waals surface area (Å²) in [7, 11) is 0. The van der Waals surface area contributed by atoms with E-state index in [1.807, 2.05) is 61.5 Å². The first kappa shape index (κ1) is 28.4. The van der Waals surface area contributed by atoms with E-state index in [2.05, 4.69) is 5.32 Å². The van der Waals surface area contributed by atoms with Crippen molar-refractivity contribution in [1.29, 1.82) is 0 Å². The van der Waals surface area contributed by atoms with E-state index in [-0.39, 0.29) is 13.2 Å². The third kappa shape index (κ3) is 6.25. The highest BCUT2D eigenvalue weighted by Crippen LogP contribution is 2.38. The number of anilines is 1. The summed E-state index contributed by atoms with van der Waals surface area (Å²) in [6.07, 6.45) is 0. The van der Waals surface area contributed by atoms with Gasteiger partial charge in [-0.15, -0.1) is 5.10 Å². The molecule has 7 nitrogen and oxygen atoms in total. The minimum atomic E-state index is -0.583. The van der Waals surface area contributed by atoms with E-state index in [9.17, 15) is 4.79 Å². The first-order valence-corrected chi connectivity index (χ1v) is 14.6. The van der Waals surface area contributed by atoms with Crippen LogP contribution < -0.4 is 10.1 Å². The lowest BCUT2D eigenvalue weighted by molar-refractivity contribution is -0.139. The summed E-state index contributed by atoms with van der Waals surface area (Å²) in [5.74, 6) is 1.30. The van der Waals surface area contributed by atoms with Crippen molar-refractivity contribution in [2.24, 2.45) is 0 Å². The predicted molar refractivity (Wildman–Crippen MR) is 159 cm³/mol. The number of thioether (sulfide) groups is 1. The zero-order valence-electron chi connectivity index (χ0n) is 21.7. The lowest BCUT2D eigenvalue weighted by atomic mass is 9.95. The van der Waals surface area contributed by atoms with Crippen molar-refractivity contribution >= 4 is 58.5 Å². The minimum Gasteiger partial charge on any atom is -0.489 e. The topological polar surface area (TPSA) is 78.3 Å². The molecule has 0 radical (unpaired) electrons. The number of hydrogen-bond donors (Lipinski definition) is 1. The lowest BCUT2D eigenvalue weighted by Gasteiger charge is -2.28. The molecule has 1 N–H and O–H groups in total. The molecule has 3 aromatic carbocycles. The summed E-state index contributed by atoms with van der Waals surface area (Å²) in [4.78, 5) is 17.9. The summed E-state index contributed by atoms with van der Waals surface area (Å²) in [6.45, 7) is 4.11. The lowest BCUT2D eigenvalue weighted by Crippen LogP contribution is -2.29. The van der Waals surface area contributed by atoms with Crippen LogP contribution in [0.15, 0.2) is 83.2 Å². The zero-order valence-corrected chi connectivity index (χ0v) is 24.7. The number of halogens is 3. The molecule has 4 aromatic rings. The van der Waals surface area contributed by atoms with E-state index < -0.39 is 12.0 Å². The smallest absolute Gasteiger partial charge is 0.338 e. The number of esters is 1. The Hall–Kier alpha value is -3.17. The van der Waals surface area contributed by atoms with Crippen molar-refractivity contribution in [2.45, 2.75) is 37.4 Å². The fourth-order valence-corrected chi connectivity index (χ4v) is 5.88. The molecule has 1 aromatic heterocycles. The van der Waals surface area contributed by atoms with Gasteiger partial charge in [0.25, 0.3) is 0 Å². The Balaban J connectivity index is 1.46. The van der Waals surface area contributed by atoms with Crippen molar-refractivity contribution in [3.63, 3.8) is 0 Å². The van der Waals surface area contributed by atoms with Crippen molar-refractivity contribution in [3.8, 4) is 5.75 Å². The third-order valence-corrected chi connectivity index (χ3v) is 8.07. The number of rotatable bonds is 9. The average Bonchev–Trinajstić information content (AvgIpc) is 3.34. The van der Waals surface area contributed by atoms with E-state index in [0.717, 1.165) is 16.7 Å². The predicted octanol–water partition coefficient (Wildman–Crippen LogP) is 7.96. The molecule has 5 rings (SSSR count). The Bertz CT molecular complexity index is 1590. The number of carbonyl (C=O) groups is 1. The number of aromatic nitrogens is 3. The molecule has 11 heteroatoms. The second kappa shape index (κ2) is 12.6. The molecule has 0 bridgehead atoms. The summed E-state index contributed by atoms with van der Waals surface area (Å²) >= 11 is 20.1. The van der Waals surface area contributed by atoms with Crippen molar-refractivity contribution in [3.05, 3.63) is 110 Å². The Kier molecular flexibility index (Phi) is 8.90. The molecule has 0 saturated heterocycles. The zero-order chi connectivity index (χ0) is 28.2. The molecule has 0 spiro atoms. The number of carbonyl (C=O) groups excluding carboxylic acids is 1.